The lowest BCUT2D eigenvalue weighted by atomic mass is 10.1. The molecule has 0 spiro atoms. The van der Waals surface area contributed by atoms with E-state index in [1.807, 2.05) is 32.0 Å². The zero-order valence-electron chi connectivity index (χ0n) is 17.1. The fourth-order valence-electron chi connectivity index (χ4n) is 3.16. The van der Waals surface area contributed by atoms with Crippen molar-refractivity contribution in [2.24, 2.45) is 0 Å². The predicted octanol–water partition coefficient (Wildman–Crippen LogP) is 6.19. The van der Waals surface area contributed by atoms with Gasteiger partial charge in [0.05, 0.1) is 17.7 Å². The maximum atomic E-state index is 12.8. The Hall–Kier alpha value is -2.74. The molecule has 164 valence electrons. The van der Waals surface area contributed by atoms with E-state index in [0.717, 1.165) is 45.4 Å². The lowest BCUT2D eigenvalue weighted by molar-refractivity contribution is -0.138. The van der Waals surface area contributed by atoms with E-state index in [-0.39, 0.29) is 6.42 Å². The van der Waals surface area contributed by atoms with Crippen LogP contribution in [-0.4, -0.2) is 21.8 Å². The number of aliphatic carboxylic acids is 1. The van der Waals surface area contributed by atoms with Crippen molar-refractivity contribution in [3.05, 3.63) is 70.6 Å². The van der Waals surface area contributed by atoms with Crippen molar-refractivity contribution in [2.75, 3.05) is 5.75 Å². The van der Waals surface area contributed by atoms with Gasteiger partial charge in [0.25, 0.3) is 0 Å². The fourth-order valence-corrected chi connectivity index (χ4v) is 4.11. The van der Waals surface area contributed by atoms with Crippen LogP contribution < -0.4 is 0 Å². The smallest absolute Gasteiger partial charge is 0.416 e. The molecule has 1 heterocycles. The minimum absolute atomic E-state index is 0.00142. The Morgan fingerprint density at radius 1 is 1.16 bits per heavy atom. The number of thioether (sulfide) groups is 1. The number of aromatic nitrogens is 1. The van der Waals surface area contributed by atoms with Crippen LogP contribution in [0.25, 0.3) is 11.5 Å². The molecule has 0 saturated heterocycles. The van der Waals surface area contributed by atoms with Crippen LogP contribution in [0.5, 0.6) is 0 Å². The van der Waals surface area contributed by atoms with Crippen molar-refractivity contribution in [1.29, 1.82) is 0 Å². The second-order valence-electron chi connectivity index (χ2n) is 7.07. The summed E-state index contributed by atoms with van der Waals surface area (Å²) in [5.41, 5.74) is 2.32. The maximum Gasteiger partial charge on any atom is 0.416 e. The van der Waals surface area contributed by atoms with Gasteiger partial charge in [0.15, 0.2) is 0 Å². The van der Waals surface area contributed by atoms with Gasteiger partial charge in [0.2, 0.25) is 5.89 Å². The average Bonchev–Trinajstić information content (AvgIpc) is 3.12. The van der Waals surface area contributed by atoms with Crippen LogP contribution in [0, 0.1) is 6.92 Å². The Labute approximate surface area is 182 Å². The first-order chi connectivity index (χ1) is 14.7. The molecular formula is C23H22F3NO3S. The highest BCUT2D eigenvalue weighted by Crippen LogP contribution is 2.32. The zero-order chi connectivity index (χ0) is 22.6. The molecule has 0 saturated carbocycles. The van der Waals surface area contributed by atoms with Gasteiger partial charge in [-0.25, -0.2) is 4.98 Å². The second kappa shape index (κ2) is 9.60. The van der Waals surface area contributed by atoms with Crippen LogP contribution in [0.3, 0.4) is 0 Å². The van der Waals surface area contributed by atoms with E-state index < -0.39 is 17.7 Å². The molecule has 0 bridgehead atoms. The number of aryl methyl sites for hydroxylation is 3. The first-order valence-electron chi connectivity index (χ1n) is 9.77. The Morgan fingerprint density at radius 3 is 2.45 bits per heavy atom. The molecule has 1 aromatic heterocycles. The first kappa shape index (κ1) is 22.9. The van der Waals surface area contributed by atoms with E-state index >= 15 is 0 Å². The van der Waals surface area contributed by atoms with Crippen LogP contribution >= 0.6 is 11.8 Å². The molecule has 31 heavy (non-hydrogen) atoms. The van der Waals surface area contributed by atoms with Crippen LogP contribution in [0.2, 0.25) is 0 Å². The third-order valence-corrected chi connectivity index (χ3v) is 5.82. The Balaban J connectivity index is 1.67. The molecule has 8 heteroatoms. The SMILES string of the molecule is CCc1nc(-c2ccc(C(F)(F)F)cc2)oc1CCSc1ccc(CC(=O)O)c(C)c1. The van der Waals surface area contributed by atoms with Gasteiger partial charge in [-0.3, -0.25) is 4.79 Å². The van der Waals surface area contributed by atoms with E-state index in [4.69, 9.17) is 9.52 Å². The molecule has 0 aliphatic rings. The van der Waals surface area contributed by atoms with Gasteiger partial charge in [-0.05, 0) is 60.9 Å². The monoisotopic (exact) mass is 449 g/mol. The van der Waals surface area contributed by atoms with Crippen molar-refractivity contribution >= 4 is 17.7 Å². The molecule has 1 N–H and O–H groups in total. The van der Waals surface area contributed by atoms with E-state index in [9.17, 15) is 18.0 Å². The topological polar surface area (TPSA) is 63.3 Å². The number of halogens is 3. The third-order valence-electron chi connectivity index (χ3n) is 4.83. The zero-order valence-corrected chi connectivity index (χ0v) is 17.9. The highest BCUT2D eigenvalue weighted by atomic mass is 32.2. The average molecular weight is 449 g/mol. The Kier molecular flexibility index (Phi) is 7.10. The minimum Gasteiger partial charge on any atom is -0.481 e. The number of carboxylic acid groups (broad SMARTS) is 1. The van der Waals surface area contributed by atoms with Crippen LogP contribution in [0.4, 0.5) is 13.2 Å². The highest BCUT2D eigenvalue weighted by Gasteiger charge is 2.30. The summed E-state index contributed by atoms with van der Waals surface area (Å²) in [6.07, 6.45) is -3.10. The fraction of sp³-hybridized carbons (Fsp3) is 0.304. The molecule has 4 nitrogen and oxygen atoms in total. The largest absolute Gasteiger partial charge is 0.481 e. The van der Waals surface area contributed by atoms with Crippen molar-refractivity contribution in [2.45, 2.75) is 44.2 Å². The molecule has 0 unspecified atom stereocenters. The third kappa shape index (κ3) is 5.91. The van der Waals surface area contributed by atoms with Crippen LogP contribution in [0.15, 0.2) is 51.8 Å². The quantitative estimate of drug-likeness (QED) is 0.415. The summed E-state index contributed by atoms with van der Waals surface area (Å²) in [5, 5.41) is 8.94. The summed E-state index contributed by atoms with van der Waals surface area (Å²) in [5.74, 6) is 0.917. The van der Waals surface area contributed by atoms with Gasteiger partial charge in [-0.2, -0.15) is 13.2 Å². The van der Waals surface area contributed by atoms with Gasteiger partial charge in [-0.1, -0.05) is 13.0 Å². The number of hydrogen-bond donors (Lipinski definition) is 1. The van der Waals surface area contributed by atoms with Gasteiger partial charge >= 0.3 is 12.1 Å². The molecular weight excluding hydrogens is 427 g/mol. The number of benzene rings is 2. The first-order valence-corrected chi connectivity index (χ1v) is 10.8. The lowest BCUT2D eigenvalue weighted by Gasteiger charge is -2.07. The molecule has 0 amide bonds. The molecule has 0 radical (unpaired) electrons. The van der Waals surface area contributed by atoms with Crippen molar-refractivity contribution in [3.8, 4) is 11.5 Å². The predicted molar refractivity (Wildman–Crippen MR) is 113 cm³/mol. The Morgan fingerprint density at radius 2 is 1.87 bits per heavy atom. The summed E-state index contributed by atoms with van der Waals surface area (Å²) >= 11 is 1.63. The second-order valence-corrected chi connectivity index (χ2v) is 8.24. The summed E-state index contributed by atoms with van der Waals surface area (Å²) < 4.78 is 44.1. The molecule has 0 aliphatic heterocycles. The molecule has 2 aromatic carbocycles. The number of alkyl halides is 3. The Bertz CT molecular complexity index is 1060. The number of rotatable bonds is 8. The van der Waals surface area contributed by atoms with Gasteiger partial charge in [0, 0.05) is 22.6 Å². The lowest BCUT2D eigenvalue weighted by Crippen LogP contribution is -2.03. The van der Waals surface area contributed by atoms with Crippen molar-refractivity contribution < 1.29 is 27.5 Å². The normalized spacial score (nSPS) is 11.6. The standard InChI is InChI=1S/C23H22F3NO3S/c1-3-19-20(10-11-31-18-9-6-16(13-21(28)29)14(2)12-18)30-22(27-19)15-4-7-17(8-5-15)23(24,25)26/h4-9,12H,3,10-11,13H2,1-2H3,(H,28,29). The minimum atomic E-state index is -4.38. The molecule has 3 aromatic rings. The van der Waals surface area contributed by atoms with Crippen molar-refractivity contribution in [3.63, 3.8) is 0 Å². The maximum absolute atomic E-state index is 12.8. The molecule has 3 rings (SSSR count). The molecule has 0 atom stereocenters. The summed E-state index contributed by atoms with van der Waals surface area (Å²) in [4.78, 5) is 16.4. The molecule has 0 aliphatic carbocycles. The van der Waals surface area contributed by atoms with Crippen LogP contribution in [0.1, 0.15) is 35.1 Å². The number of carbonyl (C=O) groups is 1. The van der Waals surface area contributed by atoms with Crippen LogP contribution in [-0.2, 0) is 30.2 Å². The van der Waals surface area contributed by atoms with E-state index in [2.05, 4.69) is 4.98 Å². The van der Waals surface area contributed by atoms with Crippen molar-refractivity contribution in [1.82, 2.24) is 4.98 Å². The number of carboxylic acids is 1. The number of hydrogen-bond acceptors (Lipinski definition) is 4. The van der Waals surface area contributed by atoms with E-state index in [1.54, 1.807) is 11.8 Å². The summed E-state index contributed by atoms with van der Waals surface area (Å²) in [7, 11) is 0. The summed E-state index contributed by atoms with van der Waals surface area (Å²) in [6.45, 7) is 3.85. The van der Waals surface area contributed by atoms with Gasteiger partial charge in [-0.15, -0.1) is 11.8 Å². The molecule has 0 fully saturated rings. The van der Waals surface area contributed by atoms with E-state index in [0.29, 0.717) is 24.3 Å². The summed E-state index contributed by atoms with van der Waals surface area (Å²) in [6, 6.07) is 10.5. The highest BCUT2D eigenvalue weighted by molar-refractivity contribution is 7.99. The van der Waals surface area contributed by atoms with E-state index in [1.165, 1.54) is 12.1 Å². The number of nitrogens with zero attached hydrogens (tertiary/aromatic N) is 1. The van der Waals surface area contributed by atoms with Gasteiger partial charge in [0.1, 0.15) is 5.76 Å². The number of oxazole rings is 1. The van der Waals surface area contributed by atoms with Gasteiger partial charge < -0.3 is 9.52 Å².